The second-order valence-corrected chi connectivity index (χ2v) is 4.50. The summed E-state index contributed by atoms with van der Waals surface area (Å²) in [5.74, 6) is -0.382. The SMILES string of the molecule is CCOC(=O)CC(O)c1cc(C)cc(Br)c1. The second kappa shape index (κ2) is 6.01. The van der Waals surface area contributed by atoms with Crippen molar-refractivity contribution in [1.29, 1.82) is 0 Å². The molecule has 0 saturated heterocycles. The molecule has 16 heavy (non-hydrogen) atoms. The molecule has 1 N–H and O–H groups in total. The fourth-order valence-corrected chi connectivity index (χ4v) is 2.08. The van der Waals surface area contributed by atoms with E-state index in [1.54, 1.807) is 13.0 Å². The van der Waals surface area contributed by atoms with Crippen LogP contribution in [0.25, 0.3) is 0 Å². The van der Waals surface area contributed by atoms with Crippen LogP contribution in [0.1, 0.15) is 30.6 Å². The average molecular weight is 287 g/mol. The van der Waals surface area contributed by atoms with Gasteiger partial charge in [0.05, 0.1) is 19.1 Å². The van der Waals surface area contributed by atoms with Gasteiger partial charge in [-0.3, -0.25) is 4.79 Å². The number of aliphatic hydroxyl groups excluding tert-OH is 1. The average Bonchev–Trinajstić information content (AvgIpc) is 2.16. The fourth-order valence-electron chi connectivity index (χ4n) is 1.45. The summed E-state index contributed by atoms with van der Waals surface area (Å²) in [7, 11) is 0. The van der Waals surface area contributed by atoms with Gasteiger partial charge in [-0.25, -0.2) is 0 Å². The lowest BCUT2D eigenvalue weighted by Crippen LogP contribution is -2.10. The molecule has 4 heteroatoms. The normalized spacial score (nSPS) is 12.2. The molecular formula is C12H15BrO3. The van der Waals surface area contributed by atoms with E-state index in [1.807, 2.05) is 19.1 Å². The summed E-state index contributed by atoms with van der Waals surface area (Å²) < 4.78 is 5.68. The van der Waals surface area contributed by atoms with Crippen LogP contribution in [0.3, 0.4) is 0 Å². The Morgan fingerprint density at radius 2 is 2.19 bits per heavy atom. The number of benzene rings is 1. The van der Waals surface area contributed by atoms with Crippen molar-refractivity contribution in [2.45, 2.75) is 26.4 Å². The van der Waals surface area contributed by atoms with Crippen molar-refractivity contribution in [3.8, 4) is 0 Å². The first-order valence-electron chi connectivity index (χ1n) is 5.13. The zero-order valence-corrected chi connectivity index (χ0v) is 11.0. The summed E-state index contributed by atoms with van der Waals surface area (Å²) in [5, 5.41) is 9.84. The number of carbonyl (C=O) groups is 1. The lowest BCUT2D eigenvalue weighted by Gasteiger charge is -2.11. The molecule has 0 amide bonds. The lowest BCUT2D eigenvalue weighted by atomic mass is 10.0. The maximum absolute atomic E-state index is 11.2. The molecule has 3 nitrogen and oxygen atoms in total. The minimum Gasteiger partial charge on any atom is -0.466 e. The van der Waals surface area contributed by atoms with Crippen molar-refractivity contribution in [1.82, 2.24) is 0 Å². The van der Waals surface area contributed by atoms with Gasteiger partial charge in [-0.2, -0.15) is 0 Å². The van der Waals surface area contributed by atoms with Gasteiger partial charge in [-0.15, -0.1) is 0 Å². The topological polar surface area (TPSA) is 46.5 Å². The van der Waals surface area contributed by atoms with Gasteiger partial charge < -0.3 is 9.84 Å². The van der Waals surface area contributed by atoms with E-state index >= 15 is 0 Å². The van der Waals surface area contributed by atoms with Crippen LogP contribution in [0.5, 0.6) is 0 Å². The van der Waals surface area contributed by atoms with E-state index in [-0.39, 0.29) is 12.4 Å². The maximum atomic E-state index is 11.2. The van der Waals surface area contributed by atoms with E-state index in [0.29, 0.717) is 6.61 Å². The number of halogens is 1. The number of hydrogen-bond donors (Lipinski definition) is 1. The van der Waals surface area contributed by atoms with Gasteiger partial charge in [-0.05, 0) is 37.1 Å². The van der Waals surface area contributed by atoms with Crippen molar-refractivity contribution in [2.24, 2.45) is 0 Å². The van der Waals surface area contributed by atoms with Crippen LogP contribution in [0.15, 0.2) is 22.7 Å². The number of esters is 1. The van der Waals surface area contributed by atoms with E-state index in [2.05, 4.69) is 15.9 Å². The predicted molar refractivity (Wildman–Crippen MR) is 65.1 cm³/mol. The molecule has 88 valence electrons. The minimum absolute atomic E-state index is 0.0102. The molecule has 0 radical (unpaired) electrons. The third kappa shape index (κ3) is 3.94. The van der Waals surface area contributed by atoms with Crippen molar-refractivity contribution >= 4 is 21.9 Å². The fraction of sp³-hybridized carbons (Fsp3) is 0.417. The molecule has 1 aromatic rings. The molecule has 1 aromatic carbocycles. The number of ether oxygens (including phenoxy) is 1. The first kappa shape index (κ1) is 13.2. The maximum Gasteiger partial charge on any atom is 0.308 e. The molecular weight excluding hydrogens is 272 g/mol. The van der Waals surface area contributed by atoms with Crippen molar-refractivity contribution in [2.75, 3.05) is 6.61 Å². The van der Waals surface area contributed by atoms with Crippen LogP contribution in [0.2, 0.25) is 0 Å². The van der Waals surface area contributed by atoms with Crippen molar-refractivity contribution in [3.05, 3.63) is 33.8 Å². The summed E-state index contributed by atoms with van der Waals surface area (Å²) >= 11 is 3.35. The highest BCUT2D eigenvalue weighted by atomic mass is 79.9. The van der Waals surface area contributed by atoms with E-state index in [9.17, 15) is 9.90 Å². The molecule has 0 aromatic heterocycles. The van der Waals surface area contributed by atoms with E-state index in [4.69, 9.17) is 4.74 Å². The van der Waals surface area contributed by atoms with E-state index < -0.39 is 6.10 Å². The number of aryl methyl sites for hydroxylation is 1. The Morgan fingerprint density at radius 1 is 1.50 bits per heavy atom. The van der Waals surface area contributed by atoms with Gasteiger partial charge in [0, 0.05) is 4.47 Å². The molecule has 1 rings (SSSR count). The van der Waals surface area contributed by atoms with Gasteiger partial charge in [0.15, 0.2) is 0 Å². The summed E-state index contributed by atoms with van der Waals surface area (Å²) in [4.78, 5) is 11.2. The Kier molecular flexibility index (Phi) is 4.96. The van der Waals surface area contributed by atoms with Gasteiger partial charge >= 0.3 is 5.97 Å². The highest BCUT2D eigenvalue weighted by Gasteiger charge is 2.14. The summed E-state index contributed by atoms with van der Waals surface area (Å²) in [6.45, 7) is 4.02. The monoisotopic (exact) mass is 286 g/mol. The Bertz CT molecular complexity index is 356. The van der Waals surface area contributed by atoms with Crippen LogP contribution >= 0.6 is 15.9 Å². The quantitative estimate of drug-likeness (QED) is 0.866. The standard InChI is InChI=1S/C12H15BrO3/c1-3-16-12(15)7-11(14)9-4-8(2)5-10(13)6-9/h4-6,11,14H,3,7H2,1-2H3. The minimum atomic E-state index is -0.810. The Hall–Kier alpha value is -0.870. The number of hydrogen-bond acceptors (Lipinski definition) is 3. The second-order valence-electron chi connectivity index (χ2n) is 3.59. The number of carbonyl (C=O) groups excluding carboxylic acids is 1. The van der Waals surface area contributed by atoms with Crippen molar-refractivity contribution in [3.63, 3.8) is 0 Å². The first-order valence-corrected chi connectivity index (χ1v) is 5.93. The van der Waals surface area contributed by atoms with Crippen LogP contribution in [0, 0.1) is 6.92 Å². The molecule has 0 aliphatic rings. The molecule has 0 fully saturated rings. The summed E-state index contributed by atoms with van der Waals surface area (Å²) in [5.41, 5.74) is 1.76. The Balaban J connectivity index is 2.72. The van der Waals surface area contributed by atoms with Crippen LogP contribution in [0.4, 0.5) is 0 Å². The largest absolute Gasteiger partial charge is 0.466 e. The van der Waals surface area contributed by atoms with E-state index in [1.165, 1.54) is 0 Å². The first-order chi connectivity index (χ1) is 7.52. The van der Waals surface area contributed by atoms with E-state index in [0.717, 1.165) is 15.6 Å². The van der Waals surface area contributed by atoms with Gasteiger partial charge in [0.25, 0.3) is 0 Å². The van der Waals surface area contributed by atoms with Gasteiger partial charge in [0.1, 0.15) is 0 Å². The Labute approximate surface area is 104 Å². The van der Waals surface area contributed by atoms with Crippen LogP contribution in [-0.2, 0) is 9.53 Å². The number of aliphatic hydroxyl groups is 1. The van der Waals surface area contributed by atoms with Crippen LogP contribution < -0.4 is 0 Å². The van der Waals surface area contributed by atoms with Gasteiger partial charge in [-0.1, -0.05) is 22.0 Å². The van der Waals surface area contributed by atoms with Crippen LogP contribution in [-0.4, -0.2) is 17.7 Å². The molecule has 1 atom stereocenters. The zero-order chi connectivity index (χ0) is 12.1. The summed E-state index contributed by atoms with van der Waals surface area (Å²) in [6, 6.07) is 5.60. The third-order valence-corrected chi connectivity index (χ3v) is 2.57. The smallest absolute Gasteiger partial charge is 0.308 e. The molecule has 0 aliphatic carbocycles. The van der Waals surface area contributed by atoms with Crippen molar-refractivity contribution < 1.29 is 14.6 Å². The molecule has 0 bridgehead atoms. The third-order valence-electron chi connectivity index (χ3n) is 2.11. The molecule has 0 saturated carbocycles. The molecule has 0 spiro atoms. The van der Waals surface area contributed by atoms with Gasteiger partial charge in [0.2, 0.25) is 0 Å². The highest BCUT2D eigenvalue weighted by molar-refractivity contribution is 9.10. The predicted octanol–water partition coefficient (Wildman–Crippen LogP) is 2.74. The Morgan fingerprint density at radius 3 is 2.75 bits per heavy atom. The zero-order valence-electron chi connectivity index (χ0n) is 9.37. The number of rotatable bonds is 4. The summed E-state index contributed by atoms with van der Waals surface area (Å²) in [6.07, 6.45) is -0.820. The molecule has 0 aliphatic heterocycles. The molecule has 0 heterocycles. The lowest BCUT2D eigenvalue weighted by molar-refractivity contribution is -0.145. The molecule has 1 unspecified atom stereocenters. The highest BCUT2D eigenvalue weighted by Crippen LogP contribution is 2.23.